The molecule has 1 aliphatic heterocycles. The SMILES string of the molecule is O=C(NCC(F)(F)F)c1ccc(S(=O)(=O)N2CCC[C@@H]3CCCC[C@@H]32)cc1. The molecule has 27 heavy (non-hydrogen) atoms. The fourth-order valence-electron chi connectivity index (χ4n) is 4.07. The summed E-state index contributed by atoms with van der Waals surface area (Å²) in [5.74, 6) is -0.490. The second-order valence-electron chi connectivity index (χ2n) is 7.19. The summed E-state index contributed by atoms with van der Waals surface area (Å²) in [6, 6.07) is 5.11. The van der Waals surface area contributed by atoms with Crippen LogP contribution in [-0.2, 0) is 10.0 Å². The summed E-state index contributed by atoms with van der Waals surface area (Å²) < 4.78 is 64.3. The van der Waals surface area contributed by atoms with Crippen molar-refractivity contribution in [3.8, 4) is 0 Å². The van der Waals surface area contributed by atoms with Gasteiger partial charge in [0, 0.05) is 18.2 Å². The van der Waals surface area contributed by atoms with Gasteiger partial charge in [-0.2, -0.15) is 17.5 Å². The predicted octanol–water partition coefficient (Wildman–Crippen LogP) is 3.32. The molecule has 2 aliphatic rings. The molecule has 1 aliphatic carbocycles. The minimum absolute atomic E-state index is 0.00705. The van der Waals surface area contributed by atoms with E-state index in [9.17, 15) is 26.4 Å². The Morgan fingerprint density at radius 3 is 2.37 bits per heavy atom. The van der Waals surface area contributed by atoms with Crippen molar-refractivity contribution in [1.82, 2.24) is 9.62 Å². The summed E-state index contributed by atoms with van der Waals surface area (Å²) in [7, 11) is -3.69. The van der Waals surface area contributed by atoms with Gasteiger partial charge in [-0.05, 0) is 55.9 Å². The molecule has 1 aromatic carbocycles. The van der Waals surface area contributed by atoms with E-state index in [1.165, 1.54) is 24.3 Å². The van der Waals surface area contributed by atoms with E-state index in [0.29, 0.717) is 12.5 Å². The summed E-state index contributed by atoms with van der Waals surface area (Å²) >= 11 is 0. The van der Waals surface area contributed by atoms with Crippen molar-refractivity contribution in [2.75, 3.05) is 13.1 Å². The molecule has 0 radical (unpaired) electrons. The number of hydrogen-bond donors (Lipinski definition) is 1. The lowest BCUT2D eigenvalue weighted by molar-refractivity contribution is -0.123. The van der Waals surface area contributed by atoms with Crippen LogP contribution in [0.25, 0.3) is 0 Å². The normalized spacial score (nSPS) is 24.3. The van der Waals surface area contributed by atoms with Gasteiger partial charge < -0.3 is 5.32 Å². The molecule has 150 valence electrons. The fraction of sp³-hybridized carbons (Fsp3) is 0.611. The van der Waals surface area contributed by atoms with Gasteiger partial charge in [-0.15, -0.1) is 0 Å². The van der Waals surface area contributed by atoms with Gasteiger partial charge in [0.2, 0.25) is 10.0 Å². The van der Waals surface area contributed by atoms with Crippen LogP contribution in [0.3, 0.4) is 0 Å². The van der Waals surface area contributed by atoms with E-state index in [2.05, 4.69) is 0 Å². The zero-order valence-electron chi connectivity index (χ0n) is 14.8. The van der Waals surface area contributed by atoms with Crippen LogP contribution in [0.4, 0.5) is 13.2 Å². The second kappa shape index (κ2) is 7.79. The highest BCUT2D eigenvalue weighted by Crippen LogP contribution is 2.38. The van der Waals surface area contributed by atoms with E-state index >= 15 is 0 Å². The smallest absolute Gasteiger partial charge is 0.343 e. The number of alkyl halides is 3. The van der Waals surface area contributed by atoms with Crippen LogP contribution < -0.4 is 5.32 Å². The van der Waals surface area contributed by atoms with Crippen molar-refractivity contribution in [3.63, 3.8) is 0 Å². The Labute approximate surface area is 157 Å². The van der Waals surface area contributed by atoms with Gasteiger partial charge in [-0.25, -0.2) is 8.42 Å². The third-order valence-corrected chi connectivity index (χ3v) is 7.30. The average molecular weight is 404 g/mol. The maximum atomic E-state index is 13.1. The lowest BCUT2D eigenvalue weighted by atomic mass is 9.79. The number of nitrogens with zero attached hydrogens (tertiary/aromatic N) is 1. The first-order valence-electron chi connectivity index (χ1n) is 9.15. The molecule has 2 atom stereocenters. The minimum atomic E-state index is -4.50. The second-order valence-corrected chi connectivity index (χ2v) is 9.08. The van der Waals surface area contributed by atoms with Crippen molar-refractivity contribution in [2.24, 2.45) is 5.92 Å². The van der Waals surface area contributed by atoms with Crippen LogP contribution in [0.5, 0.6) is 0 Å². The highest BCUT2D eigenvalue weighted by Gasteiger charge is 2.39. The van der Waals surface area contributed by atoms with Gasteiger partial charge >= 0.3 is 6.18 Å². The van der Waals surface area contributed by atoms with Crippen molar-refractivity contribution in [2.45, 2.75) is 55.6 Å². The molecule has 3 rings (SSSR count). The summed E-state index contributed by atoms with van der Waals surface area (Å²) in [6.45, 7) is -0.944. The van der Waals surface area contributed by atoms with E-state index in [1.807, 2.05) is 0 Å². The van der Waals surface area contributed by atoms with E-state index in [1.54, 1.807) is 9.62 Å². The predicted molar refractivity (Wildman–Crippen MR) is 93.7 cm³/mol. The third-order valence-electron chi connectivity index (χ3n) is 5.36. The number of halogens is 3. The summed E-state index contributed by atoms with van der Waals surface area (Å²) in [6.07, 6.45) is 1.45. The van der Waals surface area contributed by atoms with Gasteiger partial charge in [0.1, 0.15) is 6.54 Å². The molecule has 5 nitrogen and oxygen atoms in total. The van der Waals surface area contributed by atoms with Gasteiger partial charge in [0.05, 0.1) is 4.90 Å². The zero-order chi connectivity index (χ0) is 19.7. The van der Waals surface area contributed by atoms with Crippen LogP contribution >= 0.6 is 0 Å². The Kier molecular flexibility index (Phi) is 5.81. The molecule has 0 unspecified atom stereocenters. The fourth-order valence-corrected chi connectivity index (χ4v) is 5.83. The first-order valence-corrected chi connectivity index (χ1v) is 10.6. The van der Waals surface area contributed by atoms with Crippen molar-refractivity contribution >= 4 is 15.9 Å². The van der Waals surface area contributed by atoms with Gasteiger partial charge in [-0.1, -0.05) is 12.8 Å². The van der Waals surface area contributed by atoms with Crippen LogP contribution in [0.15, 0.2) is 29.2 Å². The highest BCUT2D eigenvalue weighted by atomic mass is 32.2. The summed E-state index contributed by atoms with van der Waals surface area (Å²) in [4.78, 5) is 11.8. The molecule has 0 bridgehead atoms. The average Bonchev–Trinajstić information content (AvgIpc) is 2.65. The maximum absolute atomic E-state index is 13.1. The molecular formula is C18H23F3N2O3S. The summed E-state index contributed by atoms with van der Waals surface area (Å²) in [5.41, 5.74) is -0.00705. The summed E-state index contributed by atoms with van der Waals surface area (Å²) in [5, 5.41) is 1.77. The van der Waals surface area contributed by atoms with E-state index < -0.39 is 28.7 Å². The molecule has 0 spiro atoms. The Morgan fingerprint density at radius 1 is 1.07 bits per heavy atom. The largest absolute Gasteiger partial charge is 0.405 e. The standard InChI is InChI=1S/C18H23F3N2O3S/c19-18(20,21)12-22-17(24)14-7-9-15(10-8-14)27(25,26)23-11-3-5-13-4-1-2-6-16(13)23/h7-10,13,16H,1-6,11-12H2,(H,22,24)/t13-,16-/m0/s1. The Balaban J connectivity index is 1.74. The van der Waals surface area contributed by atoms with E-state index in [-0.39, 0.29) is 16.5 Å². The quantitative estimate of drug-likeness (QED) is 0.837. The minimum Gasteiger partial charge on any atom is -0.343 e. The topological polar surface area (TPSA) is 66.5 Å². The number of hydrogen-bond acceptors (Lipinski definition) is 3. The van der Waals surface area contributed by atoms with Crippen LogP contribution in [0.2, 0.25) is 0 Å². The van der Waals surface area contributed by atoms with E-state index in [4.69, 9.17) is 0 Å². The lowest BCUT2D eigenvalue weighted by Crippen LogP contribution is -2.49. The Morgan fingerprint density at radius 2 is 1.70 bits per heavy atom. The molecule has 1 aromatic rings. The first kappa shape index (κ1) is 20.1. The Bertz CT molecular complexity index is 776. The first-order chi connectivity index (χ1) is 12.7. The third kappa shape index (κ3) is 4.63. The molecule has 0 aromatic heterocycles. The molecule has 1 amide bonds. The van der Waals surface area contributed by atoms with E-state index in [0.717, 1.165) is 38.5 Å². The van der Waals surface area contributed by atoms with Crippen molar-refractivity contribution < 1.29 is 26.4 Å². The number of amides is 1. The highest BCUT2D eigenvalue weighted by molar-refractivity contribution is 7.89. The number of carbonyl (C=O) groups excluding carboxylic acids is 1. The number of piperidine rings is 1. The van der Waals surface area contributed by atoms with Crippen LogP contribution in [0, 0.1) is 5.92 Å². The number of benzene rings is 1. The number of rotatable bonds is 4. The molecule has 9 heteroatoms. The monoisotopic (exact) mass is 404 g/mol. The maximum Gasteiger partial charge on any atom is 0.405 e. The van der Waals surface area contributed by atoms with Gasteiger partial charge in [-0.3, -0.25) is 4.79 Å². The molecule has 1 heterocycles. The van der Waals surface area contributed by atoms with Crippen molar-refractivity contribution in [3.05, 3.63) is 29.8 Å². The number of nitrogens with one attached hydrogen (secondary N) is 1. The molecule has 1 saturated carbocycles. The van der Waals surface area contributed by atoms with Gasteiger partial charge in [0.15, 0.2) is 0 Å². The molecule has 1 saturated heterocycles. The molecule has 2 fully saturated rings. The van der Waals surface area contributed by atoms with Crippen LogP contribution in [0.1, 0.15) is 48.9 Å². The van der Waals surface area contributed by atoms with Gasteiger partial charge in [0.25, 0.3) is 5.91 Å². The van der Waals surface area contributed by atoms with Crippen LogP contribution in [-0.4, -0.2) is 43.9 Å². The number of carbonyl (C=O) groups is 1. The molecule has 1 N–H and O–H groups in total. The zero-order valence-corrected chi connectivity index (χ0v) is 15.7. The lowest BCUT2D eigenvalue weighted by Gasteiger charge is -2.43. The molecular weight excluding hydrogens is 381 g/mol. The number of sulfonamides is 1. The van der Waals surface area contributed by atoms with Crippen molar-refractivity contribution in [1.29, 1.82) is 0 Å². The Hall–Kier alpha value is -1.61. The number of fused-ring (bicyclic) bond motifs is 1.